The van der Waals surface area contributed by atoms with E-state index in [1.807, 2.05) is 22.2 Å². The molecule has 2 aromatic carbocycles. The number of benzene rings is 2. The molecule has 14 heteroatoms. The van der Waals surface area contributed by atoms with Crippen LogP contribution in [0.5, 0.6) is 0 Å². The number of amides is 3. The Bertz CT molecular complexity index is 2110. The van der Waals surface area contributed by atoms with Gasteiger partial charge in [0.05, 0.1) is 49.0 Å². The molecule has 4 aliphatic rings. The molecule has 5 atom stereocenters. The number of methoxy groups -OCH3 is 2. The van der Waals surface area contributed by atoms with Crippen LogP contribution in [-0.4, -0.2) is 98.6 Å². The van der Waals surface area contributed by atoms with Crippen molar-refractivity contribution in [1.29, 1.82) is 0 Å². The van der Waals surface area contributed by atoms with Gasteiger partial charge in [-0.3, -0.25) is 14.9 Å². The number of carbonyl (C=O) groups excluding carboxylic acids is 3. The average Bonchev–Trinajstić information content (AvgIpc) is 4.09. The number of hydrogen-bond donors (Lipinski definition) is 5. The van der Waals surface area contributed by atoms with Gasteiger partial charge in [-0.25, -0.2) is 14.8 Å². The Balaban J connectivity index is 1.04. The van der Waals surface area contributed by atoms with Crippen LogP contribution in [-0.2, 0) is 30.9 Å². The standard InChI is InChI=1S/C43H54N8O6/c1-25(46-41(54)56-3)39(52)50-21-7-9-34(50)37-44-23-32(48-37)28-13-11-27(12-14-28)29-15-16-30(31-17-20-43(36(29)31)18-5-6-19-43)33-24-45-38(49-33)35-10-8-22-51(35)40(53)26(2)47-42(55)57-4/h11-16,23-26,34-35,41,46,54H,5-10,17-22H2,1-4H3,(H,44,48)(H,45,49)(H,47,55)/t25-,26-,34-,35-,41?/m0/s1. The molecule has 5 N–H and O–H groups in total. The second-order valence-corrected chi connectivity index (χ2v) is 16.2. The zero-order valence-corrected chi connectivity index (χ0v) is 33.3. The van der Waals surface area contributed by atoms with E-state index in [9.17, 15) is 19.5 Å². The number of imidazole rings is 2. The zero-order valence-electron chi connectivity index (χ0n) is 33.3. The highest BCUT2D eigenvalue weighted by Gasteiger charge is 2.44. The first-order valence-electron chi connectivity index (χ1n) is 20.4. The lowest BCUT2D eigenvalue weighted by atomic mass is 9.76. The van der Waals surface area contributed by atoms with Crippen LogP contribution < -0.4 is 10.6 Å². The topological polar surface area (TPSA) is 178 Å². The van der Waals surface area contributed by atoms with E-state index in [0.29, 0.717) is 13.1 Å². The summed E-state index contributed by atoms with van der Waals surface area (Å²) in [6, 6.07) is 11.6. The van der Waals surface area contributed by atoms with Gasteiger partial charge in [-0.1, -0.05) is 49.2 Å². The van der Waals surface area contributed by atoms with E-state index in [2.05, 4.69) is 57.0 Å². The molecular formula is C43H54N8O6. The van der Waals surface area contributed by atoms with Crippen LogP contribution in [0.25, 0.3) is 33.6 Å². The van der Waals surface area contributed by atoms with Gasteiger partial charge in [-0.05, 0) is 98.4 Å². The molecule has 3 fully saturated rings. The number of nitrogens with one attached hydrogen (secondary N) is 4. The van der Waals surface area contributed by atoms with Crippen molar-refractivity contribution in [2.24, 2.45) is 0 Å². The number of likely N-dealkylation sites (tertiary alicyclic amines) is 2. The summed E-state index contributed by atoms with van der Waals surface area (Å²) in [5.41, 5.74) is 9.55. The SMILES string of the molecule is COC(=O)N[C@@H](C)C(=O)N1CCC[C@H]1c1ncc(-c2ccc(-c3ccc(-c4cnc([C@@H]5CCCN5C(=O)[C@H](C)NC(O)OC)[nH]4)cc3)c3c2CCC32CCCC2)[nH]1. The Morgan fingerprint density at radius 3 is 2.00 bits per heavy atom. The van der Waals surface area contributed by atoms with Gasteiger partial charge in [0.15, 0.2) is 0 Å². The molecule has 2 saturated heterocycles. The van der Waals surface area contributed by atoms with Crippen LogP contribution in [0.1, 0.15) is 106 Å². The van der Waals surface area contributed by atoms with Crippen molar-refractivity contribution in [1.82, 2.24) is 40.4 Å². The maximum atomic E-state index is 13.4. The van der Waals surface area contributed by atoms with E-state index < -0.39 is 24.6 Å². The Labute approximate surface area is 333 Å². The lowest BCUT2D eigenvalue weighted by molar-refractivity contribution is -0.142. The smallest absolute Gasteiger partial charge is 0.407 e. The van der Waals surface area contributed by atoms with E-state index in [1.54, 1.807) is 13.8 Å². The zero-order chi connectivity index (χ0) is 39.8. The lowest BCUT2D eigenvalue weighted by Crippen LogP contribution is -2.48. The van der Waals surface area contributed by atoms with Crippen molar-refractivity contribution in [3.8, 4) is 33.6 Å². The highest BCUT2D eigenvalue weighted by molar-refractivity contribution is 5.86. The summed E-state index contributed by atoms with van der Waals surface area (Å²) in [6.45, 7) is 4.65. The largest absolute Gasteiger partial charge is 0.453 e. The Morgan fingerprint density at radius 2 is 1.37 bits per heavy atom. The minimum Gasteiger partial charge on any atom is -0.453 e. The third-order valence-electron chi connectivity index (χ3n) is 12.8. The van der Waals surface area contributed by atoms with E-state index in [4.69, 9.17) is 19.4 Å². The fourth-order valence-corrected chi connectivity index (χ4v) is 9.95. The molecule has 4 heterocycles. The van der Waals surface area contributed by atoms with Crippen LogP contribution in [0.2, 0.25) is 0 Å². The van der Waals surface area contributed by atoms with Gasteiger partial charge in [0.1, 0.15) is 17.7 Å². The first-order valence-corrected chi connectivity index (χ1v) is 20.4. The number of H-pyrrole nitrogens is 2. The third kappa shape index (κ3) is 7.34. The molecule has 57 heavy (non-hydrogen) atoms. The van der Waals surface area contributed by atoms with Crippen LogP contribution in [0.4, 0.5) is 4.79 Å². The van der Waals surface area contributed by atoms with E-state index >= 15 is 0 Å². The number of hydrogen-bond acceptors (Lipinski definition) is 9. The minimum atomic E-state index is -1.21. The molecule has 8 rings (SSSR count). The minimum absolute atomic E-state index is 0.101. The van der Waals surface area contributed by atoms with E-state index in [1.165, 1.54) is 67.7 Å². The molecule has 2 aromatic heterocycles. The highest BCUT2D eigenvalue weighted by atomic mass is 16.6. The van der Waals surface area contributed by atoms with Crippen LogP contribution >= 0.6 is 0 Å². The number of aromatic amines is 2. The van der Waals surface area contributed by atoms with Crippen molar-refractivity contribution >= 4 is 17.9 Å². The Morgan fingerprint density at radius 1 is 0.789 bits per heavy atom. The molecule has 302 valence electrons. The summed E-state index contributed by atoms with van der Waals surface area (Å²) in [5.74, 6) is 1.28. The van der Waals surface area contributed by atoms with Gasteiger partial charge in [-0.15, -0.1) is 0 Å². The summed E-state index contributed by atoms with van der Waals surface area (Å²) in [4.78, 5) is 58.8. The number of ether oxygens (including phenoxy) is 2. The van der Waals surface area contributed by atoms with Crippen molar-refractivity contribution in [3.63, 3.8) is 0 Å². The Kier molecular flexibility index (Phi) is 10.9. The predicted molar refractivity (Wildman–Crippen MR) is 214 cm³/mol. The molecule has 2 aliphatic heterocycles. The van der Waals surface area contributed by atoms with Gasteiger partial charge in [-0.2, -0.15) is 0 Å². The number of nitrogens with zero attached hydrogens (tertiary/aromatic N) is 4. The van der Waals surface area contributed by atoms with Gasteiger partial charge in [0.25, 0.3) is 0 Å². The summed E-state index contributed by atoms with van der Waals surface area (Å²) in [5, 5.41) is 15.2. The summed E-state index contributed by atoms with van der Waals surface area (Å²) >= 11 is 0. The number of carbonyl (C=O) groups is 3. The molecule has 2 aliphatic carbocycles. The fraction of sp³-hybridized carbons (Fsp3) is 0.512. The van der Waals surface area contributed by atoms with Crippen LogP contribution in [0.15, 0.2) is 48.8 Å². The summed E-state index contributed by atoms with van der Waals surface area (Å²) < 4.78 is 9.58. The third-order valence-corrected chi connectivity index (χ3v) is 12.8. The maximum absolute atomic E-state index is 13.4. The van der Waals surface area contributed by atoms with Crippen LogP contribution in [0, 0.1) is 0 Å². The molecule has 3 amide bonds. The van der Waals surface area contributed by atoms with Gasteiger partial charge >= 0.3 is 6.09 Å². The number of aromatic nitrogens is 4. The number of aliphatic hydroxyl groups excluding tert-OH is 1. The molecule has 1 saturated carbocycles. The van der Waals surface area contributed by atoms with Gasteiger partial charge < -0.3 is 39.7 Å². The Hall–Kier alpha value is -5.05. The number of fused-ring (bicyclic) bond motifs is 2. The quantitative estimate of drug-likeness (QED) is 0.117. The first-order chi connectivity index (χ1) is 27.6. The van der Waals surface area contributed by atoms with Crippen molar-refractivity contribution in [2.45, 2.75) is 114 Å². The predicted octanol–water partition coefficient (Wildman–Crippen LogP) is 5.86. The van der Waals surface area contributed by atoms with Gasteiger partial charge in [0, 0.05) is 25.8 Å². The van der Waals surface area contributed by atoms with Crippen molar-refractivity contribution in [3.05, 3.63) is 71.6 Å². The van der Waals surface area contributed by atoms with E-state index in [0.717, 1.165) is 67.1 Å². The molecule has 0 bridgehead atoms. The lowest BCUT2D eigenvalue weighted by Gasteiger charge is -2.28. The molecule has 14 nitrogen and oxygen atoms in total. The number of aliphatic hydroxyl groups is 1. The van der Waals surface area contributed by atoms with Crippen molar-refractivity contribution in [2.75, 3.05) is 27.3 Å². The summed E-state index contributed by atoms with van der Waals surface area (Å²) in [7, 11) is 2.67. The van der Waals surface area contributed by atoms with Gasteiger partial charge in [0.2, 0.25) is 18.2 Å². The molecule has 4 aromatic rings. The van der Waals surface area contributed by atoms with Crippen LogP contribution in [0.3, 0.4) is 0 Å². The number of rotatable bonds is 11. The fourth-order valence-electron chi connectivity index (χ4n) is 9.95. The van der Waals surface area contributed by atoms with Crippen molar-refractivity contribution < 1.29 is 29.0 Å². The summed E-state index contributed by atoms with van der Waals surface area (Å²) in [6.07, 6.45) is 12.3. The second kappa shape index (κ2) is 16.1. The first kappa shape index (κ1) is 38.8. The average molecular weight is 779 g/mol. The molecule has 1 unspecified atom stereocenters. The van der Waals surface area contributed by atoms with E-state index in [-0.39, 0.29) is 29.3 Å². The second-order valence-electron chi connectivity index (χ2n) is 16.2. The monoisotopic (exact) mass is 778 g/mol. The molecule has 1 spiro atoms. The molecular weight excluding hydrogens is 725 g/mol. The maximum Gasteiger partial charge on any atom is 0.407 e. The molecule has 0 radical (unpaired) electrons. The number of alkyl carbamates (subject to hydrolysis) is 1. The normalized spacial score (nSPS) is 21.5. The highest BCUT2D eigenvalue weighted by Crippen LogP contribution is 2.55.